The third-order valence-corrected chi connectivity index (χ3v) is 12.0. The van der Waals surface area contributed by atoms with Crippen molar-refractivity contribution < 1.29 is 36.2 Å². The van der Waals surface area contributed by atoms with Gasteiger partial charge in [0.05, 0.1) is 30.2 Å². The van der Waals surface area contributed by atoms with Crippen molar-refractivity contribution >= 4 is 27.5 Å². The van der Waals surface area contributed by atoms with Gasteiger partial charge < -0.3 is 20.0 Å². The van der Waals surface area contributed by atoms with E-state index in [9.17, 15) is 36.2 Å². The lowest BCUT2D eigenvalue weighted by Gasteiger charge is -2.37. The number of aromatic hydroxyl groups is 1. The van der Waals surface area contributed by atoms with E-state index in [1.807, 2.05) is 6.07 Å². The van der Waals surface area contributed by atoms with Gasteiger partial charge in [0.25, 0.3) is 0 Å². The van der Waals surface area contributed by atoms with Gasteiger partial charge in [-0.25, -0.2) is 12.8 Å². The number of halogens is 4. The number of fused-ring (bicyclic) bond motifs is 1. The Morgan fingerprint density at radius 1 is 0.980 bits per heavy atom. The smallest absolute Gasteiger partial charge is 0.417 e. The van der Waals surface area contributed by atoms with E-state index in [4.69, 9.17) is 5.10 Å². The van der Waals surface area contributed by atoms with Gasteiger partial charge in [-0.2, -0.15) is 22.6 Å². The van der Waals surface area contributed by atoms with Crippen molar-refractivity contribution in [2.45, 2.75) is 55.7 Å². The van der Waals surface area contributed by atoms with Crippen LogP contribution in [0.3, 0.4) is 0 Å². The first-order valence-electron chi connectivity index (χ1n) is 16.9. The van der Waals surface area contributed by atoms with Crippen LogP contribution in [0, 0.1) is 0 Å². The number of aliphatic hydroxyl groups excluding tert-OH is 1. The van der Waals surface area contributed by atoms with Crippen LogP contribution in [0.1, 0.15) is 29.7 Å². The highest BCUT2D eigenvalue weighted by Gasteiger charge is 2.35. The number of aliphatic hydroxyl groups is 1. The van der Waals surface area contributed by atoms with Crippen molar-refractivity contribution in [2.24, 2.45) is 0 Å². The van der Waals surface area contributed by atoms with E-state index < -0.39 is 34.0 Å². The van der Waals surface area contributed by atoms with Crippen LogP contribution >= 0.6 is 11.8 Å². The Bertz CT molecular complexity index is 1740. The molecule has 2 fully saturated rings. The van der Waals surface area contributed by atoms with Crippen LogP contribution in [-0.2, 0) is 35.7 Å². The predicted octanol–water partition coefficient (Wildman–Crippen LogP) is 4.30. The predicted molar refractivity (Wildman–Crippen MR) is 186 cm³/mol. The van der Waals surface area contributed by atoms with E-state index in [0.717, 1.165) is 48.6 Å². The van der Waals surface area contributed by atoms with Crippen LogP contribution < -0.4 is 4.90 Å². The second-order valence-electron chi connectivity index (χ2n) is 13.3. The van der Waals surface area contributed by atoms with Crippen molar-refractivity contribution in [1.82, 2.24) is 23.9 Å². The van der Waals surface area contributed by atoms with Crippen LogP contribution in [0.15, 0.2) is 47.4 Å². The highest BCUT2D eigenvalue weighted by Crippen LogP contribution is 2.40. The second kappa shape index (κ2) is 15.4. The van der Waals surface area contributed by atoms with Crippen molar-refractivity contribution in [2.75, 3.05) is 75.8 Å². The molecule has 0 radical (unpaired) electrons. The van der Waals surface area contributed by atoms with Gasteiger partial charge in [0.1, 0.15) is 11.9 Å². The summed E-state index contributed by atoms with van der Waals surface area (Å²) in [5.41, 5.74) is 2.42. The van der Waals surface area contributed by atoms with Gasteiger partial charge >= 0.3 is 6.18 Å². The summed E-state index contributed by atoms with van der Waals surface area (Å²) in [6.07, 6.45) is -3.86. The number of nitrogens with zero attached hydrogens (tertiary/aromatic N) is 6. The van der Waals surface area contributed by atoms with Gasteiger partial charge in [-0.05, 0) is 37.1 Å². The first-order valence-corrected chi connectivity index (χ1v) is 19.8. The number of phenolic OH excluding ortho intramolecular Hbond substituents is 1. The van der Waals surface area contributed by atoms with Crippen LogP contribution in [0.5, 0.6) is 5.75 Å². The number of hydrogen-bond donors (Lipinski definition) is 2. The fourth-order valence-corrected chi connectivity index (χ4v) is 8.90. The molecule has 1 atom stereocenters. The van der Waals surface area contributed by atoms with Gasteiger partial charge in [0, 0.05) is 111 Å². The van der Waals surface area contributed by atoms with Crippen molar-refractivity contribution in [1.29, 1.82) is 0 Å². The van der Waals surface area contributed by atoms with E-state index in [1.54, 1.807) is 22.9 Å². The molecule has 6 rings (SSSR count). The number of β-amino-alcohol motifs (C(OH)–C–C–N with tert-alkyl or cyclic N) is 1. The number of hydrogen-bond acceptors (Lipinski definition) is 9. The zero-order valence-corrected chi connectivity index (χ0v) is 29.7. The molecule has 3 aromatic rings. The molecule has 2 saturated heterocycles. The Morgan fingerprint density at radius 2 is 1.72 bits per heavy atom. The Kier molecular flexibility index (Phi) is 11.3. The molecule has 3 aliphatic heterocycles. The van der Waals surface area contributed by atoms with Crippen LogP contribution in [0.4, 0.5) is 23.2 Å². The molecule has 1 aromatic heterocycles. The average molecular weight is 741 g/mol. The molecule has 0 amide bonds. The lowest BCUT2D eigenvalue weighted by Crippen LogP contribution is -2.49. The quantitative estimate of drug-likeness (QED) is 0.220. The van der Waals surface area contributed by atoms with E-state index >= 15 is 0 Å². The second-order valence-corrected chi connectivity index (χ2v) is 16.5. The average Bonchev–Trinajstić information content (AvgIpc) is 3.42. The molecule has 0 saturated carbocycles. The molecule has 2 N–H and O–H groups in total. The molecule has 10 nitrogen and oxygen atoms in total. The van der Waals surface area contributed by atoms with E-state index in [-0.39, 0.29) is 30.3 Å². The fourth-order valence-electron chi connectivity index (χ4n) is 7.00. The number of phenols is 1. The number of rotatable bonds is 11. The minimum absolute atomic E-state index is 0.0324. The maximum Gasteiger partial charge on any atom is 0.417 e. The number of alkyl halides is 4. The first kappa shape index (κ1) is 36.9. The summed E-state index contributed by atoms with van der Waals surface area (Å²) in [6.45, 7) is 5.36. The summed E-state index contributed by atoms with van der Waals surface area (Å²) in [7, 11) is -3.55. The zero-order valence-electron chi connectivity index (χ0n) is 28.0. The molecule has 3 aliphatic rings. The third-order valence-electron chi connectivity index (χ3n) is 9.73. The SMILES string of the molecule is CS(=O)(=O)N1CCc2c(c(-c3ccc(C(F)(F)F)c(SCCN4CCC(F)CC4)c3)nn2CC(O)CN2CCN(c3cccc(O)c3)CC2)C1. The number of aromatic nitrogens is 2. The lowest BCUT2D eigenvalue weighted by molar-refractivity contribution is -0.139. The number of benzene rings is 2. The molecule has 16 heteroatoms. The molecule has 274 valence electrons. The Balaban J connectivity index is 1.20. The molecular weight excluding hydrogens is 697 g/mol. The fraction of sp³-hybridized carbons (Fsp3) is 0.559. The van der Waals surface area contributed by atoms with Gasteiger partial charge in [-0.1, -0.05) is 12.1 Å². The summed E-state index contributed by atoms with van der Waals surface area (Å²) < 4.78 is 84.1. The summed E-state index contributed by atoms with van der Waals surface area (Å²) in [5, 5.41) is 25.9. The zero-order chi connectivity index (χ0) is 35.6. The van der Waals surface area contributed by atoms with Gasteiger partial charge in [0.15, 0.2) is 0 Å². The minimum Gasteiger partial charge on any atom is -0.508 e. The normalized spacial score (nSPS) is 19.5. The highest BCUT2D eigenvalue weighted by atomic mass is 32.2. The monoisotopic (exact) mass is 740 g/mol. The largest absolute Gasteiger partial charge is 0.508 e. The minimum atomic E-state index is -4.57. The molecule has 1 unspecified atom stereocenters. The van der Waals surface area contributed by atoms with Crippen molar-refractivity contribution in [3.05, 3.63) is 59.3 Å². The van der Waals surface area contributed by atoms with E-state index in [2.05, 4.69) is 14.7 Å². The Hall–Kier alpha value is -2.89. The first-order chi connectivity index (χ1) is 23.7. The molecule has 50 heavy (non-hydrogen) atoms. The Labute approximate surface area is 294 Å². The topological polar surface area (TPSA) is 105 Å². The number of piperazine rings is 1. The standard InChI is InChI=1S/C34H44F4N6O4S2/c1-50(47,48)43-12-9-31-29(23-43)33(24-5-6-30(34(36,37)38)32(19-24)49-18-17-40-10-7-25(35)8-11-40)39-44(31)22-28(46)21-41-13-15-42(16-14-41)26-3-2-4-27(45)20-26/h2-6,19-20,25,28,45-46H,7-18,21-23H2,1H3. The van der Waals surface area contributed by atoms with E-state index in [0.29, 0.717) is 81.1 Å². The van der Waals surface area contributed by atoms with Crippen LogP contribution in [0.25, 0.3) is 11.3 Å². The van der Waals surface area contributed by atoms with Crippen molar-refractivity contribution in [3.63, 3.8) is 0 Å². The maximum atomic E-state index is 14.1. The summed E-state index contributed by atoms with van der Waals surface area (Å²) in [4.78, 5) is 6.46. The van der Waals surface area contributed by atoms with Gasteiger partial charge in [-0.3, -0.25) is 9.58 Å². The summed E-state index contributed by atoms with van der Waals surface area (Å²) in [6, 6.07) is 11.0. The third kappa shape index (κ3) is 8.94. The molecule has 0 aliphatic carbocycles. The highest BCUT2D eigenvalue weighted by molar-refractivity contribution is 7.99. The summed E-state index contributed by atoms with van der Waals surface area (Å²) >= 11 is 1.10. The number of thioether (sulfide) groups is 1. The Morgan fingerprint density at radius 3 is 2.40 bits per heavy atom. The molecule has 4 heterocycles. The number of anilines is 1. The molecule has 0 spiro atoms. The number of piperidine rings is 1. The number of sulfonamides is 1. The maximum absolute atomic E-state index is 14.1. The van der Waals surface area contributed by atoms with Crippen LogP contribution in [-0.4, -0.2) is 126 Å². The van der Waals surface area contributed by atoms with Gasteiger partial charge in [-0.15, -0.1) is 11.8 Å². The molecule has 2 aromatic carbocycles. The van der Waals surface area contributed by atoms with Crippen molar-refractivity contribution in [3.8, 4) is 17.0 Å². The molecule has 0 bridgehead atoms. The molecular formula is C34H44F4N6O4S2. The lowest BCUT2D eigenvalue weighted by atomic mass is 10.0. The van der Waals surface area contributed by atoms with Gasteiger partial charge in [0.2, 0.25) is 10.0 Å². The summed E-state index contributed by atoms with van der Waals surface area (Å²) in [5.74, 6) is 0.603. The number of likely N-dealkylation sites (tertiary alicyclic amines) is 1. The van der Waals surface area contributed by atoms with Crippen LogP contribution in [0.2, 0.25) is 0 Å². The van der Waals surface area contributed by atoms with E-state index in [1.165, 1.54) is 16.4 Å².